The molecule has 7 nitrogen and oxygen atoms in total. The standard InChI is InChI=1S/C21H27N5O2/c1-13(2)11-15-12-26(10-9-23-15)18-7-6-16(14(3)27)19(25-18)20(28)17-5-4-8-24-21(17)22/h4-8,13,15,23H,9-12H2,1-3H3,(H2,22,24)/t15-/m0/s1. The van der Waals surface area contributed by atoms with Gasteiger partial charge in [-0.1, -0.05) is 13.8 Å². The number of aromatic nitrogens is 2. The van der Waals surface area contributed by atoms with Crippen LogP contribution in [0.25, 0.3) is 0 Å². The van der Waals surface area contributed by atoms with Crippen molar-refractivity contribution in [1.29, 1.82) is 0 Å². The van der Waals surface area contributed by atoms with Crippen LogP contribution in [0.4, 0.5) is 11.6 Å². The van der Waals surface area contributed by atoms with Gasteiger partial charge in [-0.2, -0.15) is 0 Å². The van der Waals surface area contributed by atoms with Crippen molar-refractivity contribution in [1.82, 2.24) is 15.3 Å². The van der Waals surface area contributed by atoms with Gasteiger partial charge in [0, 0.05) is 37.4 Å². The Labute approximate surface area is 165 Å². The number of nitrogens with two attached hydrogens (primary N) is 1. The molecule has 0 amide bonds. The summed E-state index contributed by atoms with van der Waals surface area (Å²) in [6.45, 7) is 8.30. The molecule has 0 radical (unpaired) electrons. The maximum Gasteiger partial charge on any atom is 0.215 e. The van der Waals surface area contributed by atoms with E-state index >= 15 is 0 Å². The van der Waals surface area contributed by atoms with Crippen LogP contribution < -0.4 is 16.0 Å². The van der Waals surface area contributed by atoms with Crippen molar-refractivity contribution in [2.24, 2.45) is 5.92 Å². The molecule has 0 unspecified atom stereocenters. The first-order valence-electron chi connectivity index (χ1n) is 9.62. The maximum atomic E-state index is 13.1. The molecule has 3 N–H and O–H groups in total. The number of ketones is 2. The van der Waals surface area contributed by atoms with Gasteiger partial charge in [0.1, 0.15) is 17.3 Å². The first kappa shape index (κ1) is 19.9. The molecule has 7 heteroatoms. The lowest BCUT2D eigenvalue weighted by atomic mass is 10.0. The van der Waals surface area contributed by atoms with Gasteiger partial charge in [0.2, 0.25) is 5.78 Å². The van der Waals surface area contributed by atoms with Gasteiger partial charge in [-0.05, 0) is 43.5 Å². The fourth-order valence-corrected chi connectivity index (χ4v) is 3.58. The molecule has 0 aliphatic carbocycles. The summed E-state index contributed by atoms with van der Waals surface area (Å²) in [4.78, 5) is 35.9. The third-order valence-corrected chi connectivity index (χ3v) is 4.89. The minimum absolute atomic E-state index is 0.128. The van der Waals surface area contributed by atoms with Crippen LogP contribution in [0.3, 0.4) is 0 Å². The Morgan fingerprint density at radius 2 is 2.07 bits per heavy atom. The first-order chi connectivity index (χ1) is 13.4. The van der Waals surface area contributed by atoms with Crippen molar-refractivity contribution in [2.75, 3.05) is 30.3 Å². The second-order valence-corrected chi connectivity index (χ2v) is 7.61. The van der Waals surface area contributed by atoms with Gasteiger partial charge in [-0.3, -0.25) is 9.59 Å². The number of nitrogens with one attached hydrogen (secondary N) is 1. The number of rotatable bonds is 6. The van der Waals surface area contributed by atoms with Crippen molar-refractivity contribution >= 4 is 23.2 Å². The van der Waals surface area contributed by atoms with Crippen LogP contribution in [0.5, 0.6) is 0 Å². The molecule has 1 atom stereocenters. The first-order valence-corrected chi connectivity index (χ1v) is 9.62. The number of nitrogens with zero attached hydrogens (tertiary/aromatic N) is 3. The zero-order chi connectivity index (χ0) is 20.3. The average Bonchev–Trinajstić information content (AvgIpc) is 2.67. The van der Waals surface area contributed by atoms with E-state index in [9.17, 15) is 9.59 Å². The van der Waals surface area contributed by atoms with Gasteiger partial charge in [-0.25, -0.2) is 9.97 Å². The highest BCUT2D eigenvalue weighted by Gasteiger charge is 2.25. The number of Topliss-reactive ketones (excluding diaryl/α,β-unsaturated/α-hetero) is 1. The molecule has 1 aliphatic rings. The molecule has 3 heterocycles. The fourth-order valence-electron chi connectivity index (χ4n) is 3.58. The number of piperazine rings is 1. The Hall–Kier alpha value is -2.80. The summed E-state index contributed by atoms with van der Waals surface area (Å²) in [6.07, 6.45) is 2.59. The lowest BCUT2D eigenvalue weighted by molar-refractivity contribution is 0.0987. The summed E-state index contributed by atoms with van der Waals surface area (Å²) in [5.74, 6) is 0.838. The molecular formula is C21H27N5O2. The van der Waals surface area contributed by atoms with Crippen molar-refractivity contribution in [2.45, 2.75) is 33.2 Å². The van der Waals surface area contributed by atoms with Gasteiger partial charge in [0.15, 0.2) is 5.78 Å². The fraction of sp³-hybridized carbons (Fsp3) is 0.429. The second kappa shape index (κ2) is 8.48. The van der Waals surface area contributed by atoms with Crippen LogP contribution >= 0.6 is 0 Å². The zero-order valence-corrected chi connectivity index (χ0v) is 16.6. The Bertz CT molecular complexity index is 881. The van der Waals surface area contributed by atoms with Gasteiger partial charge < -0.3 is 16.0 Å². The highest BCUT2D eigenvalue weighted by atomic mass is 16.1. The molecule has 1 aliphatic heterocycles. The van der Waals surface area contributed by atoms with Crippen LogP contribution in [-0.4, -0.2) is 47.2 Å². The summed E-state index contributed by atoms with van der Waals surface area (Å²) in [6, 6.07) is 7.12. The summed E-state index contributed by atoms with van der Waals surface area (Å²) in [5, 5.41) is 3.54. The molecule has 3 rings (SSSR count). The Morgan fingerprint density at radius 1 is 1.29 bits per heavy atom. The highest BCUT2D eigenvalue weighted by Crippen LogP contribution is 2.22. The Kier molecular flexibility index (Phi) is 6.04. The monoisotopic (exact) mass is 381 g/mol. The minimum atomic E-state index is -0.383. The molecule has 2 aromatic heterocycles. The summed E-state index contributed by atoms with van der Waals surface area (Å²) < 4.78 is 0. The average molecular weight is 381 g/mol. The van der Waals surface area contributed by atoms with Crippen LogP contribution in [0.1, 0.15) is 53.6 Å². The normalized spacial score (nSPS) is 17.0. The molecule has 0 aromatic carbocycles. The van der Waals surface area contributed by atoms with E-state index in [2.05, 4.69) is 34.0 Å². The third kappa shape index (κ3) is 4.36. The highest BCUT2D eigenvalue weighted by molar-refractivity contribution is 6.16. The van der Waals surface area contributed by atoms with E-state index in [0.29, 0.717) is 23.3 Å². The Morgan fingerprint density at radius 3 is 2.75 bits per heavy atom. The zero-order valence-electron chi connectivity index (χ0n) is 16.6. The van der Waals surface area contributed by atoms with E-state index in [0.717, 1.165) is 26.1 Å². The second-order valence-electron chi connectivity index (χ2n) is 7.61. The SMILES string of the molecule is CC(=O)c1ccc(N2CCN[C@@H](CC(C)C)C2)nc1C(=O)c1cccnc1N. The summed E-state index contributed by atoms with van der Waals surface area (Å²) >= 11 is 0. The smallest absolute Gasteiger partial charge is 0.215 e. The van der Waals surface area contributed by atoms with E-state index < -0.39 is 0 Å². The number of nitrogen functional groups attached to an aromatic ring is 1. The predicted octanol–water partition coefficient (Wildman–Crippen LogP) is 2.32. The molecule has 148 valence electrons. The predicted molar refractivity (Wildman–Crippen MR) is 110 cm³/mol. The van der Waals surface area contributed by atoms with E-state index in [1.807, 2.05) is 6.07 Å². The van der Waals surface area contributed by atoms with Crippen LogP contribution in [0, 0.1) is 5.92 Å². The number of pyridine rings is 2. The lowest BCUT2D eigenvalue weighted by Crippen LogP contribution is -2.51. The van der Waals surface area contributed by atoms with E-state index in [4.69, 9.17) is 5.73 Å². The number of anilines is 2. The lowest BCUT2D eigenvalue weighted by Gasteiger charge is -2.35. The largest absolute Gasteiger partial charge is 0.383 e. The van der Waals surface area contributed by atoms with Gasteiger partial charge in [-0.15, -0.1) is 0 Å². The van der Waals surface area contributed by atoms with Gasteiger partial charge in [0.25, 0.3) is 0 Å². The quantitative estimate of drug-likeness (QED) is 0.741. The third-order valence-electron chi connectivity index (χ3n) is 4.89. The van der Waals surface area contributed by atoms with Crippen LogP contribution in [0.2, 0.25) is 0 Å². The number of hydrogen-bond donors (Lipinski definition) is 2. The molecule has 0 saturated carbocycles. The number of hydrogen-bond acceptors (Lipinski definition) is 7. The number of carbonyl (C=O) groups excluding carboxylic acids is 2. The number of carbonyl (C=O) groups is 2. The van der Waals surface area contributed by atoms with Crippen LogP contribution in [-0.2, 0) is 0 Å². The minimum Gasteiger partial charge on any atom is -0.383 e. The summed E-state index contributed by atoms with van der Waals surface area (Å²) in [5.41, 5.74) is 6.55. The van der Waals surface area contributed by atoms with E-state index in [1.165, 1.54) is 13.1 Å². The van der Waals surface area contributed by atoms with Gasteiger partial charge in [0.05, 0.1) is 5.56 Å². The van der Waals surface area contributed by atoms with E-state index in [1.54, 1.807) is 18.2 Å². The van der Waals surface area contributed by atoms with Crippen molar-refractivity contribution in [3.63, 3.8) is 0 Å². The van der Waals surface area contributed by atoms with Crippen LogP contribution in [0.15, 0.2) is 30.5 Å². The molecule has 1 saturated heterocycles. The van der Waals surface area contributed by atoms with Crippen molar-refractivity contribution in [3.8, 4) is 0 Å². The molecule has 2 aromatic rings. The van der Waals surface area contributed by atoms with E-state index in [-0.39, 0.29) is 28.6 Å². The Balaban J connectivity index is 1.95. The molecule has 0 bridgehead atoms. The van der Waals surface area contributed by atoms with Crippen molar-refractivity contribution < 1.29 is 9.59 Å². The molecule has 0 spiro atoms. The van der Waals surface area contributed by atoms with Gasteiger partial charge >= 0.3 is 0 Å². The summed E-state index contributed by atoms with van der Waals surface area (Å²) in [7, 11) is 0. The molecule has 28 heavy (non-hydrogen) atoms. The van der Waals surface area contributed by atoms with Crippen molar-refractivity contribution in [3.05, 3.63) is 47.3 Å². The molecule has 1 fully saturated rings. The molecular weight excluding hydrogens is 354 g/mol. The topological polar surface area (TPSA) is 101 Å². The maximum absolute atomic E-state index is 13.1.